The van der Waals surface area contributed by atoms with E-state index >= 15 is 0 Å². The maximum absolute atomic E-state index is 13.0. The van der Waals surface area contributed by atoms with Crippen molar-refractivity contribution >= 4 is 16.7 Å². The van der Waals surface area contributed by atoms with Crippen LogP contribution < -0.4 is 4.74 Å². The number of likely N-dealkylation sites (tertiary alicyclic amines) is 1. The fraction of sp³-hybridized carbons (Fsp3) is 0.192. The van der Waals surface area contributed by atoms with Crippen LogP contribution in [0.25, 0.3) is 21.9 Å². The summed E-state index contributed by atoms with van der Waals surface area (Å²) in [6, 6.07) is 26.0. The van der Waals surface area contributed by atoms with Gasteiger partial charge in [0.25, 0.3) is 5.91 Å². The number of hydrogen-bond acceptors (Lipinski definition) is 4. The molecule has 154 valence electrons. The molecule has 1 saturated heterocycles. The highest BCUT2D eigenvalue weighted by Gasteiger charge is 2.25. The predicted octanol–water partition coefficient (Wildman–Crippen LogP) is 4.98. The number of amides is 1. The zero-order valence-electron chi connectivity index (χ0n) is 17.1. The average Bonchev–Trinajstić information content (AvgIpc) is 2.85. The minimum atomic E-state index is 0.0320. The molecule has 3 aromatic carbocycles. The summed E-state index contributed by atoms with van der Waals surface area (Å²) in [6.45, 7) is 1.34. The van der Waals surface area contributed by atoms with Crippen LogP contribution in [0.3, 0.4) is 0 Å². The zero-order valence-corrected chi connectivity index (χ0v) is 17.1. The number of ether oxygens (including phenoxy) is 1. The maximum atomic E-state index is 13.0. The van der Waals surface area contributed by atoms with E-state index in [4.69, 9.17) is 4.74 Å². The number of nitrogens with zero attached hydrogens (tertiary/aromatic N) is 3. The van der Waals surface area contributed by atoms with Gasteiger partial charge in [0.15, 0.2) is 0 Å². The van der Waals surface area contributed by atoms with E-state index in [0.29, 0.717) is 19.0 Å². The molecule has 5 rings (SSSR count). The lowest BCUT2D eigenvalue weighted by atomic mass is 10.0. The molecule has 0 saturated carbocycles. The molecule has 2 heterocycles. The lowest BCUT2D eigenvalue weighted by molar-refractivity contribution is 0.0589. The van der Waals surface area contributed by atoms with Crippen molar-refractivity contribution in [2.24, 2.45) is 0 Å². The summed E-state index contributed by atoms with van der Waals surface area (Å²) < 4.78 is 6.16. The molecule has 0 unspecified atom stereocenters. The van der Waals surface area contributed by atoms with Crippen LogP contribution in [0.1, 0.15) is 23.2 Å². The molecule has 4 aromatic rings. The van der Waals surface area contributed by atoms with Gasteiger partial charge in [0.05, 0.1) is 6.20 Å². The Morgan fingerprint density at radius 1 is 0.839 bits per heavy atom. The van der Waals surface area contributed by atoms with E-state index in [1.165, 1.54) is 0 Å². The third kappa shape index (κ3) is 4.12. The van der Waals surface area contributed by atoms with Crippen LogP contribution in [0.15, 0.2) is 85.1 Å². The number of rotatable bonds is 4. The largest absolute Gasteiger partial charge is 0.473 e. The van der Waals surface area contributed by atoms with Gasteiger partial charge < -0.3 is 9.64 Å². The standard InChI is InChI=1S/C26H23N3O2/c30-26(21-12-10-20(11-13-21)19-6-2-1-3-7-19)29-16-14-23(15-17-29)31-25-24-9-5-4-8-22(24)18-27-28-25/h1-13,18,23H,14-17H2. The number of hydrogen-bond donors (Lipinski definition) is 0. The summed E-state index contributed by atoms with van der Waals surface area (Å²) in [5.41, 5.74) is 2.98. The first-order valence-electron chi connectivity index (χ1n) is 10.6. The Labute approximate surface area is 181 Å². The van der Waals surface area contributed by atoms with Crippen LogP contribution in [0.2, 0.25) is 0 Å². The van der Waals surface area contributed by atoms with Crippen molar-refractivity contribution in [2.75, 3.05) is 13.1 Å². The first-order chi connectivity index (χ1) is 15.3. The Kier molecular flexibility index (Phi) is 5.31. The van der Waals surface area contributed by atoms with Crippen LogP contribution in [-0.2, 0) is 0 Å². The van der Waals surface area contributed by atoms with Crippen LogP contribution in [0.4, 0.5) is 0 Å². The molecule has 0 aliphatic carbocycles. The molecule has 1 amide bonds. The van der Waals surface area contributed by atoms with Crippen LogP contribution in [0, 0.1) is 0 Å². The van der Waals surface area contributed by atoms with Gasteiger partial charge in [-0.2, -0.15) is 5.10 Å². The molecule has 1 aliphatic heterocycles. The van der Waals surface area contributed by atoms with E-state index in [0.717, 1.165) is 40.3 Å². The average molecular weight is 409 g/mol. The normalized spacial score (nSPS) is 14.5. The van der Waals surface area contributed by atoms with E-state index < -0.39 is 0 Å². The summed E-state index contributed by atoms with van der Waals surface area (Å²) in [5, 5.41) is 10.2. The maximum Gasteiger partial charge on any atom is 0.253 e. The molecule has 0 bridgehead atoms. The molecule has 0 atom stereocenters. The minimum Gasteiger partial charge on any atom is -0.473 e. The van der Waals surface area contributed by atoms with Gasteiger partial charge in [-0.05, 0) is 29.3 Å². The number of fused-ring (bicyclic) bond motifs is 1. The molecular formula is C26H23N3O2. The highest BCUT2D eigenvalue weighted by Crippen LogP contribution is 2.26. The van der Waals surface area contributed by atoms with E-state index in [2.05, 4.69) is 22.3 Å². The van der Waals surface area contributed by atoms with Gasteiger partial charge in [-0.3, -0.25) is 4.79 Å². The number of carbonyl (C=O) groups excluding carboxylic acids is 1. The summed E-state index contributed by atoms with van der Waals surface area (Å²) in [5.74, 6) is 0.641. The molecular weight excluding hydrogens is 386 g/mol. The van der Waals surface area contributed by atoms with Crippen molar-refractivity contribution in [2.45, 2.75) is 18.9 Å². The van der Waals surface area contributed by atoms with E-state index in [-0.39, 0.29) is 12.0 Å². The van der Waals surface area contributed by atoms with Gasteiger partial charge in [-0.15, -0.1) is 5.10 Å². The molecule has 0 spiro atoms. The second-order valence-electron chi connectivity index (χ2n) is 7.79. The monoisotopic (exact) mass is 409 g/mol. The third-order valence-corrected chi connectivity index (χ3v) is 5.78. The molecule has 1 fully saturated rings. The second kappa shape index (κ2) is 8.56. The lowest BCUT2D eigenvalue weighted by Crippen LogP contribution is -2.41. The summed E-state index contributed by atoms with van der Waals surface area (Å²) in [6.07, 6.45) is 3.33. The highest BCUT2D eigenvalue weighted by atomic mass is 16.5. The molecule has 5 heteroatoms. The predicted molar refractivity (Wildman–Crippen MR) is 121 cm³/mol. The fourth-order valence-electron chi connectivity index (χ4n) is 4.04. The van der Waals surface area contributed by atoms with E-state index in [9.17, 15) is 4.79 Å². The quantitative estimate of drug-likeness (QED) is 0.477. The van der Waals surface area contributed by atoms with Crippen molar-refractivity contribution in [3.63, 3.8) is 0 Å². The van der Waals surface area contributed by atoms with Gasteiger partial charge in [-0.25, -0.2) is 0 Å². The summed E-state index contributed by atoms with van der Waals surface area (Å²) in [7, 11) is 0. The van der Waals surface area contributed by atoms with Gasteiger partial charge >= 0.3 is 0 Å². The first kappa shape index (κ1) is 19.2. The number of benzene rings is 3. The first-order valence-corrected chi connectivity index (χ1v) is 10.6. The Bertz CT molecular complexity index is 1180. The zero-order chi connectivity index (χ0) is 21.0. The number of piperidine rings is 1. The molecule has 1 aromatic heterocycles. The SMILES string of the molecule is O=C(c1ccc(-c2ccccc2)cc1)N1CCC(Oc2nncc3ccccc23)CC1. The van der Waals surface area contributed by atoms with Gasteiger partial charge in [0, 0.05) is 42.3 Å². The second-order valence-corrected chi connectivity index (χ2v) is 7.79. The Balaban J connectivity index is 1.22. The molecule has 5 nitrogen and oxygen atoms in total. The Hall–Kier alpha value is -3.73. The van der Waals surface area contributed by atoms with Gasteiger partial charge in [-0.1, -0.05) is 60.7 Å². The van der Waals surface area contributed by atoms with Crippen molar-refractivity contribution in [1.82, 2.24) is 15.1 Å². The summed E-state index contributed by atoms with van der Waals surface area (Å²) >= 11 is 0. The number of aromatic nitrogens is 2. The molecule has 0 N–H and O–H groups in total. The fourth-order valence-corrected chi connectivity index (χ4v) is 4.04. The minimum absolute atomic E-state index is 0.0320. The highest BCUT2D eigenvalue weighted by molar-refractivity contribution is 5.94. The molecule has 0 radical (unpaired) electrons. The van der Waals surface area contributed by atoms with Crippen LogP contribution >= 0.6 is 0 Å². The van der Waals surface area contributed by atoms with Crippen molar-refractivity contribution in [1.29, 1.82) is 0 Å². The topological polar surface area (TPSA) is 55.3 Å². The lowest BCUT2D eigenvalue weighted by Gasteiger charge is -2.32. The van der Waals surface area contributed by atoms with E-state index in [1.54, 1.807) is 6.20 Å². The van der Waals surface area contributed by atoms with Gasteiger partial charge in [0.1, 0.15) is 6.10 Å². The van der Waals surface area contributed by atoms with Crippen molar-refractivity contribution in [3.8, 4) is 17.0 Å². The smallest absolute Gasteiger partial charge is 0.253 e. The third-order valence-electron chi connectivity index (χ3n) is 5.78. The van der Waals surface area contributed by atoms with Crippen LogP contribution in [0.5, 0.6) is 5.88 Å². The molecule has 1 aliphatic rings. The Morgan fingerprint density at radius 3 is 2.29 bits per heavy atom. The van der Waals surface area contributed by atoms with Gasteiger partial charge in [0.2, 0.25) is 5.88 Å². The molecule has 31 heavy (non-hydrogen) atoms. The number of carbonyl (C=O) groups is 1. The van der Waals surface area contributed by atoms with Crippen LogP contribution in [-0.4, -0.2) is 40.2 Å². The van der Waals surface area contributed by atoms with E-state index in [1.807, 2.05) is 71.6 Å². The summed E-state index contributed by atoms with van der Waals surface area (Å²) in [4.78, 5) is 14.9. The van der Waals surface area contributed by atoms with Crippen molar-refractivity contribution < 1.29 is 9.53 Å². The Morgan fingerprint density at radius 2 is 1.52 bits per heavy atom. The van der Waals surface area contributed by atoms with Crippen molar-refractivity contribution in [3.05, 3.63) is 90.6 Å².